The van der Waals surface area contributed by atoms with Crippen molar-refractivity contribution in [3.8, 4) is 0 Å². The second-order valence-corrected chi connectivity index (χ2v) is 5.13. The summed E-state index contributed by atoms with van der Waals surface area (Å²) in [5.74, 6) is 0.456. The Labute approximate surface area is 136 Å². The van der Waals surface area contributed by atoms with Gasteiger partial charge < -0.3 is 10.2 Å². The van der Waals surface area contributed by atoms with Gasteiger partial charge in [-0.2, -0.15) is 0 Å². The van der Waals surface area contributed by atoms with Crippen molar-refractivity contribution in [1.82, 2.24) is 14.8 Å². The van der Waals surface area contributed by atoms with Gasteiger partial charge in [-0.25, -0.2) is 4.98 Å². The second kappa shape index (κ2) is 9.38. The van der Waals surface area contributed by atoms with Crippen molar-refractivity contribution in [2.24, 2.45) is 0 Å². The fourth-order valence-electron chi connectivity index (χ4n) is 2.06. The molecule has 1 aromatic rings. The maximum Gasteiger partial charge on any atom is 0.239 e. The van der Waals surface area contributed by atoms with Crippen LogP contribution in [0.25, 0.3) is 0 Å². The topological polar surface area (TPSA) is 65.5 Å². The Balaban J connectivity index is 0.00000116. The maximum atomic E-state index is 11.9. The van der Waals surface area contributed by atoms with E-state index in [1.54, 1.807) is 24.0 Å². The molecule has 1 N–H and O–H groups in total. The average molecular weight is 327 g/mol. The number of piperazine rings is 1. The average Bonchev–Trinajstić information content (AvgIpc) is 2.52. The third kappa shape index (κ3) is 5.99. The molecule has 7 heteroatoms. The van der Waals surface area contributed by atoms with E-state index < -0.39 is 0 Å². The molecule has 0 radical (unpaired) electrons. The van der Waals surface area contributed by atoms with Gasteiger partial charge in [0.1, 0.15) is 5.82 Å². The molecule has 1 saturated heterocycles. The van der Waals surface area contributed by atoms with Crippen LogP contribution in [0.5, 0.6) is 0 Å². The van der Waals surface area contributed by atoms with Crippen molar-refractivity contribution in [2.75, 3.05) is 38.0 Å². The lowest BCUT2D eigenvalue weighted by Gasteiger charge is -2.33. The van der Waals surface area contributed by atoms with E-state index in [1.165, 1.54) is 6.20 Å². The maximum absolute atomic E-state index is 11.9. The summed E-state index contributed by atoms with van der Waals surface area (Å²) in [7, 11) is 0. The number of nitrogens with one attached hydrogen (secondary N) is 1. The summed E-state index contributed by atoms with van der Waals surface area (Å²) in [5, 5.41) is 3.25. The normalized spacial score (nSPS) is 14.8. The molecule has 6 nitrogen and oxygen atoms in total. The minimum Gasteiger partial charge on any atom is -0.340 e. The van der Waals surface area contributed by atoms with E-state index in [1.807, 2.05) is 18.7 Å². The molecule has 1 aliphatic rings. The highest BCUT2D eigenvalue weighted by Gasteiger charge is 2.20. The van der Waals surface area contributed by atoms with Crippen molar-refractivity contribution in [2.45, 2.75) is 20.8 Å². The van der Waals surface area contributed by atoms with Gasteiger partial charge in [-0.15, -0.1) is 0 Å². The Morgan fingerprint density at radius 2 is 1.86 bits per heavy atom. The van der Waals surface area contributed by atoms with Crippen molar-refractivity contribution in [1.29, 1.82) is 0 Å². The number of amides is 2. The summed E-state index contributed by atoms with van der Waals surface area (Å²) < 4.78 is 0. The van der Waals surface area contributed by atoms with Crippen LogP contribution >= 0.6 is 11.6 Å². The van der Waals surface area contributed by atoms with Crippen molar-refractivity contribution in [3.63, 3.8) is 0 Å². The number of hydrogen-bond acceptors (Lipinski definition) is 4. The van der Waals surface area contributed by atoms with Gasteiger partial charge in [0, 0.05) is 39.3 Å². The van der Waals surface area contributed by atoms with Gasteiger partial charge in [-0.3, -0.25) is 14.5 Å². The lowest BCUT2D eigenvalue weighted by molar-refractivity contribution is -0.130. The molecule has 0 atom stereocenters. The van der Waals surface area contributed by atoms with E-state index in [9.17, 15) is 9.59 Å². The highest BCUT2D eigenvalue weighted by molar-refractivity contribution is 6.30. The number of carbonyl (C=O) groups excluding carboxylic acids is 2. The van der Waals surface area contributed by atoms with E-state index in [-0.39, 0.29) is 11.8 Å². The molecule has 0 bridgehead atoms. The molecule has 1 aliphatic heterocycles. The summed E-state index contributed by atoms with van der Waals surface area (Å²) in [6, 6.07) is 3.34. The molecule has 0 unspecified atom stereocenters. The van der Waals surface area contributed by atoms with Gasteiger partial charge in [0.15, 0.2) is 0 Å². The number of pyridine rings is 1. The van der Waals surface area contributed by atoms with Crippen LogP contribution in [-0.4, -0.2) is 59.3 Å². The summed E-state index contributed by atoms with van der Waals surface area (Å²) in [6.45, 7) is 8.62. The fraction of sp³-hybridized carbons (Fsp3) is 0.533. The molecule has 1 fully saturated rings. The molecule has 2 heterocycles. The predicted octanol–water partition coefficient (Wildman–Crippen LogP) is 1.86. The number of rotatable bonds is 3. The predicted molar refractivity (Wildman–Crippen MR) is 87.9 cm³/mol. The number of halogens is 1. The Morgan fingerprint density at radius 1 is 1.23 bits per heavy atom. The second-order valence-electron chi connectivity index (χ2n) is 4.69. The summed E-state index contributed by atoms with van der Waals surface area (Å²) in [4.78, 5) is 30.9. The van der Waals surface area contributed by atoms with E-state index >= 15 is 0 Å². The van der Waals surface area contributed by atoms with Crippen LogP contribution in [0.2, 0.25) is 5.02 Å². The smallest absolute Gasteiger partial charge is 0.239 e. The third-order valence-electron chi connectivity index (χ3n) is 3.18. The first-order chi connectivity index (χ1) is 10.5. The van der Waals surface area contributed by atoms with Gasteiger partial charge in [0.05, 0.1) is 11.6 Å². The van der Waals surface area contributed by atoms with Crippen LogP contribution in [-0.2, 0) is 9.59 Å². The van der Waals surface area contributed by atoms with E-state index in [0.29, 0.717) is 43.6 Å². The quantitative estimate of drug-likeness (QED) is 0.921. The van der Waals surface area contributed by atoms with Gasteiger partial charge in [-0.1, -0.05) is 25.4 Å². The zero-order valence-electron chi connectivity index (χ0n) is 13.3. The lowest BCUT2D eigenvalue weighted by Crippen LogP contribution is -2.49. The Kier molecular flexibility index (Phi) is 7.84. The molecule has 0 aliphatic carbocycles. The highest BCUT2D eigenvalue weighted by Crippen LogP contribution is 2.09. The largest absolute Gasteiger partial charge is 0.340 e. The molecular weight excluding hydrogens is 304 g/mol. The van der Waals surface area contributed by atoms with E-state index in [2.05, 4.69) is 10.3 Å². The third-order valence-corrected chi connectivity index (χ3v) is 3.40. The number of nitrogens with zero attached hydrogens (tertiary/aromatic N) is 3. The van der Waals surface area contributed by atoms with Crippen LogP contribution in [0.15, 0.2) is 18.3 Å². The van der Waals surface area contributed by atoms with Crippen molar-refractivity contribution in [3.05, 3.63) is 23.4 Å². The van der Waals surface area contributed by atoms with Gasteiger partial charge >= 0.3 is 0 Å². The molecule has 1 aromatic heterocycles. The standard InChI is InChI=1S/C13H17ClN4O2.C2H6/c1-10(19)18-6-4-17(5-7-18)9-13(20)16-12-3-2-11(14)8-15-12;1-2/h2-3,8H,4-7,9H2,1H3,(H,15,16,20);1-2H3. The van der Waals surface area contributed by atoms with Gasteiger partial charge in [0.2, 0.25) is 11.8 Å². The first-order valence-corrected chi connectivity index (χ1v) is 7.81. The minimum atomic E-state index is -0.115. The SMILES string of the molecule is CC.CC(=O)N1CCN(CC(=O)Nc2ccc(Cl)cn2)CC1. The first-order valence-electron chi connectivity index (χ1n) is 7.44. The molecule has 0 aromatic carbocycles. The highest BCUT2D eigenvalue weighted by atomic mass is 35.5. The summed E-state index contributed by atoms with van der Waals surface area (Å²) >= 11 is 5.73. The number of hydrogen-bond donors (Lipinski definition) is 1. The van der Waals surface area contributed by atoms with Crippen LogP contribution in [0.1, 0.15) is 20.8 Å². The molecular formula is C15H23ClN4O2. The van der Waals surface area contributed by atoms with Gasteiger partial charge in [0.25, 0.3) is 0 Å². The zero-order valence-corrected chi connectivity index (χ0v) is 14.1. The Hall–Kier alpha value is -1.66. The molecule has 0 saturated carbocycles. The Bertz CT molecular complexity index is 485. The fourth-order valence-corrected chi connectivity index (χ4v) is 2.17. The monoisotopic (exact) mass is 326 g/mol. The van der Waals surface area contributed by atoms with E-state index in [4.69, 9.17) is 11.6 Å². The van der Waals surface area contributed by atoms with Crippen molar-refractivity contribution >= 4 is 29.2 Å². The molecule has 22 heavy (non-hydrogen) atoms. The van der Waals surface area contributed by atoms with Gasteiger partial charge in [-0.05, 0) is 12.1 Å². The molecule has 0 spiro atoms. The summed E-state index contributed by atoms with van der Waals surface area (Å²) in [6.07, 6.45) is 1.49. The van der Waals surface area contributed by atoms with Crippen LogP contribution in [0.3, 0.4) is 0 Å². The van der Waals surface area contributed by atoms with Crippen LogP contribution in [0.4, 0.5) is 5.82 Å². The molecule has 2 rings (SSSR count). The number of anilines is 1. The molecule has 2 amide bonds. The lowest BCUT2D eigenvalue weighted by atomic mass is 10.3. The number of aromatic nitrogens is 1. The first kappa shape index (κ1) is 18.4. The number of carbonyl (C=O) groups is 2. The summed E-state index contributed by atoms with van der Waals surface area (Å²) in [5.41, 5.74) is 0. The Morgan fingerprint density at radius 3 is 2.36 bits per heavy atom. The minimum absolute atomic E-state index is 0.0828. The van der Waals surface area contributed by atoms with Crippen LogP contribution in [0, 0.1) is 0 Å². The van der Waals surface area contributed by atoms with Crippen LogP contribution < -0.4 is 5.32 Å². The van der Waals surface area contributed by atoms with E-state index in [0.717, 1.165) is 0 Å². The van der Waals surface area contributed by atoms with Crippen molar-refractivity contribution < 1.29 is 9.59 Å². The molecule has 122 valence electrons. The zero-order chi connectivity index (χ0) is 16.5.